The molecule has 1 aromatic heterocycles. The SMILES string of the molecule is O=C(NC(O)C1CCCCC1)c1cc([S+]([O-])c2ccccn2)ccc1Cl. The first-order valence-electron chi connectivity index (χ1n) is 8.67. The first-order chi connectivity index (χ1) is 12.6. The standard InChI is InChI=1S/C19H21ClN2O3S/c20-16-10-9-14(26(25)17-8-4-5-11-21-17)12-15(16)19(24)22-18(23)13-6-2-1-3-7-13/h4-5,8-13,18,23H,1-3,6-7H2,(H,22,24). The van der Waals surface area contributed by atoms with Crippen molar-refractivity contribution in [1.29, 1.82) is 0 Å². The molecule has 2 N–H and O–H groups in total. The molecule has 26 heavy (non-hydrogen) atoms. The molecule has 138 valence electrons. The summed E-state index contributed by atoms with van der Waals surface area (Å²) in [5, 5.41) is 13.6. The number of carbonyl (C=O) groups is 1. The van der Waals surface area contributed by atoms with Crippen molar-refractivity contribution in [3.8, 4) is 0 Å². The van der Waals surface area contributed by atoms with Crippen LogP contribution in [0.1, 0.15) is 42.5 Å². The van der Waals surface area contributed by atoms with E-state index in [-0.39, 0.29) is 16.5 Å². The van der Waals surface area contributed by atoms with Crippen molar-refractivity contribution in [1.82, 2.24) is 10.3 Å². The number of carbonyl (C=O) groups excluding carboxylic acids is 1. The van der Waals surface area contributed by atoms with Crippen LogP contribution in [0.2, 0.25) is 5.02 Å². The van der Waals surface area contributed by atoms with Crippen LogP contribution in [0, 0.1) is 5.92 Å². The number of pyridine rings is 1. The Balaban J connectivity index is 1.75. The number of rotatable bonds is 5. The monoisotopic (exact) mass is 392 g/mol. The molecule has 1 aliphatic rings. The highest BCUT2D eigenvalue weighted by Gasteiger charge is 2.25. The number of aromatic nitrogens is 1. The number of hydrogen-bond acceptors (Lipinski definition) is 4. The average Bonchev–Trinajstić information content (AvgIpc) is 2.69. The lowest BCUT2D eigenvalue weighted by molar-refractivity contribution is 0.0463. The Labute approximate surface area is 161 Å². The number of benzene rings is 1. The highest BCUT2D eigenvalue weighted by molar-refractivity contribution is 7.91. The predicted molar refractivity (Wildman–Crippen MR) is 100 cm³/mol. The van der Waals surface area contributed by atoms with E-state index in [0.29, 0.717) is 9.92 Å². The van der Waals surface area contributed by atoms with Crippen LogP contribution in [0.25, 0.3) is 0 Å². The lowest BCUT2D eigenvalue weighted by Gasteiger charge is -2.27. The summed E-state index contributed by atoms with van der Waals surface area (Å²) in [5.74, 6) is -0.398. The maximum absolute atomic E-state index is 12.6. The first-order valence-corrected chi connectivity index (χ1v) is 10.2. The van der Waals surface area contributed by atoms with E-state index in [1.54, 1.807) is 36.5 Å². The van der Waals surface area contributed by atoms with Gasteiger partial charge in [0.1, 0.15) is 6.23 Å². The molecule has 1 aliphatic carbocycles. The lowest BCUT2D eigenvalue weighted by atomic mass is 9.88. The van der Waals surface area contributed by atoms with Crippen molar-refractivity contribution in [2.75, 3.05) is 0 Å². The highest BCUT2D eigenvalue weighted by Crippen LogP contribution is 2.27. The van der Waals surface area contributed by atoms with E-state index in [2.05, 4.69) is 10.3 Å². The topological polar surface area (TPSA) is 85.3 Å². The number of nitrogens with one attached hydrogen (secondary N) is 1. The summed E-state index contributed by atoms with van der Waals surface area (Å²) in [6.45, 7) is 0. The largest absolute Gasteiger partial charge is 0.605 e. The van der Waals surface area contributed by atoms with Gasteiger partial charge >= 0.3 is 0 Å². The van der Waals surface area contributed by atoms with Crippen LogP contribution in [-0.2, 0) is 11.2 Å². The van der Waals surface area contributed by atoms with Crippen molar-refractivity contribution in [3.63, 3.8) is 0 Å². The molecule has 3 rings (SSSR count). The predicted octanol–water partition coefficient (Wildman–Crippen LogP) is 3.53. The zero-order valence-electron chi connectivity index (χ0n) is 14.2. The molecule has 0 aliphatic heterocycles. The minimum atomic E-state index is -1.51. The van der Waals surface area contributed by atoms with E-state index in [1.807, 2.05) is 0 Å². The molecule has 1 aromatic carbocycles. The van der Waals surface area contributed by atoms with Gasteiger partial charge in [-0.25, -0.2) is 4.98 Å². The van der Waals surface area contributed by atoms with Crippen molar-refractivity contribution >= 4 is 28.7 Å². The molecule has 2 atom stereocenters. The van der Waals surface area contributed by atoms with Gasteiger partial charge in [0.15, 0.2) is 4.90 Å². The lowest BCUT2D eigenvalue weighted by Crippen LogP contribution is -2.41. The average molecular weight is 393 g/mol. The third-order valence-corrected chi connectivity index (χ3v) is 6.23. The Kier molecular flexibility index (Phi) is 6.53. The van der Waals surface area contributed by atoms with E-state index in [0.717, 1.165) is 25.7 Å². The van der Waals surface area contributed by atoms with Crippen LogP contribution < -0.4 is 5.32 Å². The molecule has 0 radical (unpaired) electrons. The number of nitrogens with zero attached hydrogens (tertiary/aromatic N) is 1. The third kappa shape index (κ3) is 4.57. The Morgan fingerprint density at radius 2 is 2.04 bits per heavy atom. The van der Waals surface area contributed by atoms with Crippen LogP contribution in [0.5, 0.6) is 0 Å². The van der Waals surface area contributed by atoms with Crippen molar-refractivity contribution in [2.45, 2.75) is 48.3 Å². The smallest absolute Gasteiger partial charge is 0.254 e. The maximum Gasteiger partial charge on any atom is 0.254 e. The van der Waals surface area contributed by atoms with Gasteiger partial charge in [0.2, 0.25) is 5.03 Å². The Hall–Kier alpha value is -1.60. The molecule has 2 unspecified atom stereocenters. The second kappa shape index (κ2) is 8.86. The van der Waals surface area contributed by atoms with Gasteiger partial charge in [0.05, 0.1) is 10.6 Å². The third-order valence-electron chi connectivity index (χ3n) is 4.60. The number of aliphatic hydroxyl groups excluding tert-OH is 1. The molecule has 7 heteroatoms. The Morgan fingerprint density at radius 1 is 1.27 bits per heavy atom. The van der Waals surface area contributed by atoms with Crippen molar-refractivity contribution in [2.24, 2.45) is 5.92 Å². The molecular weight excluding hydrogens is 372 g/mol. The van der Waals surface area contributed by atoms with Gasteiger partial charge in [-0.05, 0) is 31.0 Å². The second-order valence-corrected chi connectivity index (χ2v) is 8.23. The summed E-state index contributed by atoms with van der Waals surface area (Å²) in [6.07, 6.45) is 5.77. The number of hydrogen-bond donors (Lipinski definition) is 2. The van der Waals surface area contributed by atoms with Gasteiger partial charge in [-0.3, -0.25) is 4.79 Å². The molecule has 0 bridgehead atoms. The zero-order chi connectivity index (χ0) is 18.5. The quantitative estimate of drug-likeness (QED) is 0.602. The van der Waals surface area contributed by atoms with Gasteiger partial charge in [-0.15, -0.1) is 0 Å². The van der Waals surface area contributed by atoms with Crippen molar-refractivity contribution < 1.29 is 14.5 Å². The number of amides is 1. The zero-order valence-corrected chi connectivity index (χ0v) is 15.8. The minimum Gasteiger partial charge on any atom is -0.605 e. The van der Waals surface area contributed by atoms with Gasteiger partial charge < -0.3 is 15.0 Å². The van der Waals surface area contributed by atoms with Gasteiger partial charge in [-0.2, -0.15) is 0 Å². The van der Waals surface area contributed by atoms with E-state index in [9.17, 15) is 14.5 Å². The van der Waals surface area contributed by atoms with Gasteiger partial charge in [-0.1, -0.05) is 36.9 Å². The maximum atomic E-state index is 12.6. The molecule has 1 saturated carbocycles. The molecule has 0 spiro atoms. The normalized spacial score (nSPS) is 17.5. The minimum absolute atomic E-state index is 0.0670. The van der Waals surface area contributed by atoms with Crippen LogP contribution in [0.3, 0.4) is 0 Å². The molecule has 1 heterocycles. The fourth-order valence-electron chi connectivity index (χ4n) is 3.15. The number of halogens is 1. The first kappa shape index (κ1) is 19.2. The summed E-state index contributed by atoms with van der Waals surface area (Å²) in [5.41, 5.74) is 0.198. The van der Waals surface area contributed by atoms with Crippen LogP contribution in [0.4, 0.5) is 0 Å². The summed E-state index contributed by atoms with van der Waals surface area (Å²) in [4.78, 5) is 17.1. The summed E-state index contributed by atoms with van der Waals surface area (Å²) in [6, 6.07) is 9.81. The molecule has 0 saturated heterocycles. The molecular formula is C19H21ClN2O3S. The van der Waals surface area contributed by atoms with Crippen LogP contribution >= 0.6 is 11.6 Å². The van der Waals surface area contributed by atoms with Crippen LogP contribution in [0.15, 0.2) is 52.5 Å². The van der Waals surface area contributed by atoms with Gasteiger partial charge in [0, 0.05) is 35.4 Å². The molecule has 2 aromatic rings. The van der Waals surface area contributed by atoms with E-state index in [4.69, 9.17) is 11.6 Å². The van der Waals surface area contributed by atoms with Crippen molar-refractivity contribution in [3.05, 3.63) is 53.2 Å². The van der Waals surface area contributed by atoms with E-state index in [1.165, 1.54) is 12.5 Å². The van der Waals surface area contributed by atoms with E-state index < -0.39 is 23.3 Å². The molecule has 5 nitrogen and oxygen atoms in total. The molecule has 1 amide bonds. The van der Waals surface area contributed by atoms with Gasteiger partial charge in [0.25, 0.3) is 5.91 Å². The summed E-state index contributed by atoms with van der Waals surface area (Å²) in [7, 11) is 0. The van der Waals surface area contributed by atoms with Crippen LogP contribution in [-0.4, -0.2) is 26.8 Å². The van der Waals surface area contributed by atoms with E-state index >= 15 is 0 Å². The number of aliphatic hydroxyl groups is 1. The molecule has 1 fully saturated rings. The summed E-state index contributed by atoms with van der Waals surface area (Å²) < 4.78 is 12.6. The fraction of sp³-hybridized carbons (Fsp3) is 0.368. The second-order valence-electron chi connectivity index (χ2n) is 6.39. The summed E-state index contributed by atoms with van der Waals surface area (Å²) >= 11 is 4.64. The highest BCUT2D eigenvalue weighted by atomic mass is 35.5. The fourth-order valence-corrected chi connectivity index (χ4v) is 4.37. The Bertz CT molecular complexity index is 754. The Morgan fingerprint density at radius 3 is 2.73 bits per heavy atom.